The Morgan fingerprint density at radius 3 is 2.46 bits per heavy atom. The Kier molecular flexibility index (Phi) is 5.87. The largest absolute Gasteiger partial charge is 0.469 e. The molecule has 0 saturated heterocycles. The molecule has 0 aliphatic rings. The molecule has 0 aliphatic carbocycles. The van der Waals surface area contributed by atoms with Crippen LogP contribution in [0.15, 0.2) is 59.4 Å². The number of benzene rings is 2. The van der Waals surface area contributed by atoms with Crippen molar-refractivity contribution in [2.45, 2.75) is 26.2 Å². The van der Waals surface area contributed by atoms with Gasteiger partial charge in [0.1, 0.15) is 6.26 Å². The SMILES string of the molecule is CC(C)(C)c1ccc(Oc2ccoc2)c(NC(=O)Nc2cccc(Cl)c2Cl)c1. The number of hydrogen-bond donors (Lipinski definition) is 2. The highest BCUT2D eigenvalue weighted by atomic mass is 35.5. The Hall–Kier alpha value is -2.63. The van der Waals surface area contributed by atoms with Crippen LogP contribution in [0.5, 0.6) is 11.5 Å². The highest BCUT2D eigenvalue weighted by Gasteiger charge is 2.18. The van der Waals surface area contributed by atoms with E-state index in [9.17, 15) is 4.79 Å². The van der Waals surface area contributed by atoms with Crippen molar-refractivity contribution in [2.75, 3.05) is 10.6 Å². The van der Waals surface area contributed by atoms with E-state index in [2.05, 4.69) is 31.4 Å². The Morgan fingerprint density at radius 1 is 1.04 bits per heavy atom. The molecule has 2 N–H and O–H groups in total. The van der Waals surface area contributed by atoms with Crippen LogP contribution in [0.2, 0.25) is 10.0 Å². The molecule has 0 saturated carbocycles. The van der Waals surface area contributed by atoms with Crippen LogP contribution in [0.4, 0.5) is 16.2 Å². The molecule has 0 radical (unpaired) electrons. The minimum atomic E-state index is -0.465. The summed E-state index contributed by atoms with van der Waals surface area (Å²) in [7, 11) is 0. The number of urea groups is 1. The van der Waals surface area contributed by atoms with Crippen LogP contribution < -0.4 is 15.4 Å². The molecule has 7 heteroatoms. The van der Waals surface area contributed by atoms with Crippen LogP contribution in [0.25, 0.3) is 0 Å². The lowest BCUT2D eigenvalue weighted by molar-refractivity contribution is 0.262. The van der Waals surface area contributed by atoms with Gasteiger partial charge in [-0.25, -0.2) is 4.79 Å². The molecule has 3 rings (SSSR count). The van der Waals surface area contributed by atoms with E-state index in [0.29, 0.717) is 27.9 Å². The smallest absolute Gasteiger partial charge is 0.323 e. The van der Waals surface area contributed by atoms with Crippen LogP contribution in [-0.2, 0) is 5.41 Å². The van der Waals surface area contributed by atoms with E-state index in [1.54, 1.807) is 24.3 Å². The molecular weight excluding hydrogens is 399 g/mol. The molecule has 3 aromatic rings. The first-order chi connectivity index (χ1) is 13.2. The van der Waals surface area contributed by atoms with Crippen molar-refractivity contribution in [3.8, 4) is 11.5 Å². The van der Waals surface area contributed by atoms with E-state index in [1.807, 2.05) is 18.2 Å². The van der Waals surface area contributed by atoms with E-state index in [-0.39, 0.29) is 10.4 Å². The predicted molar refractivity (Wildman–Crippen MR) is 113 cm³/mol. The van der Waals surface area contributed by atoms with Crippen LogP contribution in [-0.4, -0.2) is 6.03 Å². The lowest BCUT2D eigenvalue weighted by Gasteiger charge is -2.21. The molecule has 5 nitrogen and oxygen atoms in total. The van der Waals surface area contributed by atoms with Gasteiger partial charge >= 0.3 is 6.03 Å². The number of ether oxygens (including phenoxy) is 1. The van der Waals surface area contributed by atoms with E-state index >= 15 is 0 Å². The zero-order valence-electron chi connectivity index (χ0n) is 15.7. The molecule has 0 fully saturated rings. The summed E-state index contributed by atoms with van der Waals surface area (Å²) in [6.07, 6.45) is 2.99. The number of carbonyl (C=O) groups excluding carboxylic acids is 1. The van der Waals surface area contributed by atoms with Gasteiger partial charge in [0, 0.05) is 6.07 Å². The fourth-order valence-corrected chi connectivity index (χ4v) is 2.84. The predicted octanol–water partition coefficient (Wildman–Crippen LogP) is 7.32. The van der Waals surface area contributed by atoms with E-state index < -0.39 is 6.03 Å². The van der Waals surface area contributed by atoms with E-state index in [0.717, 1.165) is 5.56 Å². The van der Waals surface area contributed by atoms with Crippen molar-refractivity contribution >= 4 is 40.6 Å². The number of amides is 2. The molecule has 0 bridgehead atoms. The third-order valence-corrected chi connectivity index (χ3v) is 4.84. The molecular formula is C21H20Cl2N2O3. The highest BCUT2D eigenvalue weighted by molar-refractivity contribution is 6.44. The topological polar surface area (TPSA) is 63.5 Å². The lowest BCUT2D eigenvalue weighted by atomic mass is 9.87. The molecule has 0 spiro atoms. The van der Waals surface area contributed by atoms with Crippen molar-refractivity contribution in [2.24, 2.45) is 0 Å². The van der Waals surface area contributed by atoms with Crippen LogP contribution in [0.3, 0.4) is 0 Å². The van der Waals surface area contributed by atoms with Crippen LogP contribution in [0, 0.1) is 0 Å². The molecule has 2 aromatic carbocycles. The average molecular weight is 419 g/mol. The van der Waals surface area contributed by atoms with Gasteiger partial charge in [0.15, 0.2) is 11.5 Å². The van der Waals surface area contributed by atoms with Gasteiger partial charge in [0.05, 0.1) is 27.7 Å². The summed E-state index contributed by atoms with van der Waals surface area (Å²) in [6.45, 7) is 6.28. The summed E-state index contributed by atoms with van der Waals surface area (Å²) in [5.74, 6) is 1.02. The van der Waals surface area contributed by atoms with Crippen molar-refractivity contribution in [1.82, 2.24) is 0 Å². The average Bonchev–Trinajstić information content (AvgIpc) is 3.12. The zero-order valence-corrected chi connectivity index (χ0v) is 17.2. The van der Waals surface area contributed by atoms with Crippen molar-refractivity contribution < 1.29 is 13.9 Å². The van der Waals surface area contributed by atoms with Crippen LogP contribution in [0.1, 0.15) is 26.3 Å². The minimum Gasteiger partial charge on any atom is -0.469 e. The summed E-state index contributed by atoms with van der Waals surface area (Å²) in [4.78, 5) is 12.6. The maximum atomic E-state index is 12.6. The van der Waals surface area contributed by atoms with Gasteiger partial charge in [-0.3, -0.25) is 0 Å². The Morgan fingerprint density at radius 2 is 1.79 bits per heavy atom. The maximum Gasteiger partial charge on any atom is 0.323 e. The Labute approximate surface area is 173 Å². The summed E-state index contributed by atoms with van der Waals surface area (Å²) >= 11 is 12.1. The summed E-state index contributed by atoms with van der Waals surface area (Å²) in [6, 6.07) is 11.9. The molecule has 0 atom stereocenters. The first-order valence-corrected chi connectivity index (χ1v) is 9.36. The quantitative estimate of drug-likeness (QED) is 0.466. The molecule has 1 heterocycles. The normalized spacial score (nSPS) is 11.2. The number of hydrogen-bond acceptors (Lipinski definition) is 3. The number of rotatable bonds is 4. The van der Waals surface area contributed by atoms with Gasteiger partial charge in [-0.05, 0) is 35.2 Å². The number of furan rings is 1. The van der Waals surface area contributed by atoms with Crippen molar-refractivity contribution in [3.05, 3.63) is 70.6 Å². The highest BCUT2D eigenvalue weighted by Crippen LogP contribution is 2.35. The molecule has 1 aromatic heterocycles. The molecule has 0 aliphatic heterocycles. The third-order valence-electron chi connectivity index (χ3n) is 4.02. The van der Waals surface area contributed by atoms with Crippen molar-refractivity contribution in [3.63, 3.8) is 0 Å². The Balaban J connectivity index is 1.87. The van der Waals surface area contributed by atoms with E-state index in [1.165, 1.54) is 12.5 Å². The molecule has 146 valence electrons. The lowest BCUT2D eigenvalue weighted by Crippen LogP contribution is -2.21. The fraction of sp³-hybridized carbons (Fsp3) is 0.190. The monoisotopic (exact) mass is 418 g/mol. The first-order valence-electron chi connectivity index (χ1n) is 8.60. The van der Waals surface area contributed by atoms with Gasteiger partial charge in [-0.15, -0.1) is 0 Å². The molecule has 2 amide bonds. The van der Waals surface area contributed by atoms with E-state index in [4.69, 9.17) is 32.4 Å². The summed E-state index contributed by atoms with van der Waals surface area (Å²) < 4.78 is 10.9. The van der Waals surface area contributed by atoms with Gasteiger partial charge in [-0.2, -0.15) is 0 Å². The Bertz CT molecular complexity index is 980. The van der Waals surface area contributed by atoms with Gasteiger partial charge in [-0.1, -0.05) is 56.1 Å². The van der Waals surface area contributed by atoms with Crippen molar-refractivity contribution in [1.29, 1.82) is 0 Å². The van der Waals surface area contributed by atoms with Gasteiger partial charge in [0.25, 0.3) is 0 Å². The standard InChI is InChI=1S/C21H20Cl2N2O3/c1-21(2,3)13-7-8-18(28-14-9-10-27-12-14)17(11-13)25-20(26)24-16-6-4-5-15(22)19(16)23/h4-12H,1-3H3,(H2,24,25,26). The molecule has 28 heavy (non-hydrogen) atoms. The number of nitrogens with one attached hydrogen (secondary N) is 2. The maximum absolute atomic E-state index is 12.6. The van der Waals surface area contributed by atoms with Gasteiger partial charge in [0.2, 0.25) is 0 Å². The number of carbonyl (C=O) groups is 1. The second-order valence-electron chi connectivity index (χ2n) is 7.20. The second kappa shape index (κ2) is 8.17. The number of anilines is 2. The summed E-state index contributed by atoms with van der Waals surface area (Å²) in [5, 5.41) is 6.16. The third kappa shape index (κ3) is 4.80. The molecule has 0 unspecified atom stereocenters. The minimum absolute atomic E-state index is 0.0999. The summed E-state index contributed by atoms with van der Waals surface area (Å²) in [5.41, 5.74) is 1.88. The van der Waals surface area contributed by atoms with Gasteiger partial charge < -0.3 is 19.8 Å². The van der Waals surface area contributed by atoms with Crippen LogP contribution >= 0.6 is 23.2 Å². The number of halogens is 2. The zero-order chi connectivity index (χ0) is 20.3. The first kappa shape index (κ1) is 20.1. The second-order valence-corrected chi connectivity index (χ2v) is 7.99. The fourth-order valence-electron chi connectivity index (χ4n) is 2.50.